The quantitative estimate of drug-likeness (QED) is 0.421. The molecule has 0 N–H and O–H groups in total. The molecule has 0 saturated heterocycles. The SMILES string of the molecule is O=C(Cc1ccc(-n2cnnn2)cc1)N(Cc1ccc(Cl)c(Cl)c1)Cc1ccccn1. The van der Waals surface area contributed by atoms with Crippen LogP contribution >= 0.6 is 23.2 Å². The van der Waals surface area contributed by atoms with Crippen molar-refractivity contribution in [3.63, 3.8) is 0 Å². The minimum Gasteiger partial charge on any atom is -0.332 e. The largest absolute Gasteiger partial charge is 0.332 e. The predicted molar refractivity (Wildman–Crippen MR) is 118 cm³/mol. The summed E-state index contributed by atoms with van der Waals surface area (Å²) in [4.78, 5) is 19.3. The molecule has 0 bridgehead atoms. The fraction of sp³-hybridized carbons (Fsp3) is 0.136. The zero-order chi connectivity index (χ0) is 21.6. The zero-order valence-electron chi connectivity index (χ0n) is 16.4. The molecule has 7 nitrogen and oxygen atoms in total. The molecule has 0 aliphatic rings. The highest BCUT2D eigenvalue weighted by molar-refractivity contribution is 6.42. The molecule has 4 aromatic rings. The average molecular weight is 453 g/mol. The van der Waals surface area contributed by atoms with Crippen LogP contribution in [0.15, 0.2) is 73.2 Å². The summed E-state index contributed by atoms with van der Waals surface area (Å²) in [5.74, 6) is -0.0214. The molecular formula is C22H18Cl2N6O. The number of tetrazole rings is 1. The Kier molecular flexibility index (Phi) is 6.54. The molecule has 0 spiro atoms. The van der Waals surface area contributed by atoms with Crippen LogP contribution in [0, 0.1) is 0 Å². The molecule has 1 amide bonds. The van der Waals surface area contributed by atoms with Crippen molar-refractivity contribution in [2.75, 3.05) is 0 Å². The van der Waals surface area contributed by atoms with Crippen molar-refractivity contribution in [2.24, 2.45) is 0 Å². The normalized spacial score (nSPS) is 10.8. The van der Waals surface area contributed by atoms with Gasteiger partial charge in [0, 0.05) is 12.7 Å². The van der Waals surface area contributed by atoms with Gasteiger partial charge in [-0.1, -0.05) is 47.5 Å². The smallest absolute Gasteiger partial charge is 0.227 e. The van der Waals surface area contributed by atoms with E-state index in [4.69, 9.17) is 23.2 Å². The Balaban J connectivity index is 1.52. The predicted octanol–water partition coefficient (Wildman–Crippen LogP) is 4.14. The molecule has 0 unspecified atom stereocenters. The lowest BCUT2D eigenvalue weighted by Gasteiger charge is -2.23. The Morgan fingerprint density at radius 1 is 0.935 bits per heavy atom. The fourth-order valence-corrected chi connectivity index (χ4v) is 3.43. The van der Waals surface area contributed by atoms with Gasteiger partial charge in [-0.25, -0.2) is 4.68 Å². The van der Waals surface area contributed by atoms with Crippen molar-refractivity contribution >= 4 is 29.1 Å². The number of hydrogen-bond acceptors (Lipinski definition) is 5. The number of hydrogen-bond donors (Lipinski definition) is 0. The Hall–Kier alpha value is -3.29. The van der Waals surface area contributed by atoms with Crippen molar-refractivity contribution in [1.29, 1.82) is 0 Å². The first kappa shape index (κ1) is 21.0. The highest BCUT2D eigenvalue weighted by Gasteiger charge is 2.17. The van der Waals surface area contributed by atoms with Crippen molar-refractivity contribution in [2.45, 2.75) is 19.5 Å². The third-order valence-corrected chi connectivity index (χ3v) is 5.43. The van der Waals surface area contributed by atoms with E-state index in [1.54, 1.807) is 27.9 Å². The van der Waals surface area contributed by atoms with Crippen LogP contribution in [0.5, 0.6) is 0 Å². The van der Waals surface area contributed by atoms with Gasteiger partial charge in [0.1, 0.15) is 6.33 Å². The molecule has 0 radical (unpaired) electrons. The summed E-state index contributed by atoms with van der Waals surface area (Å²) in [5.41, 5.74) is 3.42. The first-order valence-corrected chi connectivity index (χ1v) is 10.3. The molecular weight excluding hydrogens is 435 g/mol. The fourth-order valence-electron chi connectivity index (χ4n) is 3.11. The molecule has 0 atom stereocenters. The lowest BCUT2D eigenvalue weighted by molar-refractivity contribution is -0.131. The van der Waals surface area contributed by atoms with E-state index in [-0.39, 0.29) is 12.3 Å². The summed E-state index contributed by atoms with van der Waals surface area (Å²) in [6, 6.07) is 18.6. The van der Waals surface area contributed by atoms with Gasteiger partial charge in [0.25, 0.3) is 0 Å². The third-order valence-electron chi connectivity index (χ3n) is 4.69. The minimum atomic E-state index is -0.0214. The summed E-state index contributed by atoms with van der Waals surface area (Å²) >= 11 is 12.2. The third kappa shape index (κ3) is 5.45. The summed E-state index contributed by atoms with van der Waals surface area (Å²) in [7, 11) is 0. The van der Waals surface area contributed by atoms with Crippen LogP contribution in [0.25, 0.3) is 5.69 Å². The van der Waals surface area contributed by atoms with E-state index >= 15 is 0 Å². The lowest BCUT2D eigenvalue weighted by atomic mass is 10.1. The van der Waals surface area contributed by atoms with Gasteiger partial charge in [-0.2, -0.15) is 0 Å². The Bertz CT molecular complexity index is 1150. The summed E-state index contributed by atoms with van der Waals surface area (Å²) in [6.07, 6.45) is 3.49. The number of amides is 1. The first-order chi connectivity index (χ1) is 15.1. The number of rotatable bonds is 7. The Labute approximate surface area is 189 Å². The maximum Gasteiger partial charge on any atom is 0.227 e. The van der Waals surface area contributed by atoms with Gasteiger partial charge >= 0.3 is 0 Å². The van der Waals surface area contributed by atoms with Crippen LogP contribution in [-0.4, -0.2) is 36.0 Å². The van der Waals surface area contributed by atoms with Gasteiger partial charge in [-0.3, -0.25) is 9.78 Å². The second-order valence-electron chi connectivity index (χ2n) is 6.92. The molecule has 2 aromatic carbocycles. The maximum absolute atomic E-state index is 13.2. The molecule has 2 heterocycles. The molecule has 2 aromatic heterocycles. The van der Waals surface area contributed by atoms with Crippen molar-refractivity contribution in [3.8, 4) is 5.69 Å². The summed E-state index contributed by atoms with van der Waals surface area (Å²) in [5, 5.41) is 12.1. The van der Waals surface area contributed by atoms with E-state index in [1.807, 2.05) is 48.5 Å². The van der Waals surface area contributed by atoms with Crippen LogP contribution in [0.3, 0.4) is 0 Å². The van der Waals surface area contributed by atoms with Gasteiger partial charge in [-0.05, 0) is 58.0 Å². The van der Waals surface area contributed by atoms with E-state index < -0.39 is 0 Å². The number of carbonyl (C=O) groups is 1. The standard InChI is InChI=1S/C22H18Cl2N6O/c23-20-9-6-17(11-21(20)24)13-29(14-18-3-1-2-10-25-18)22(31)12-16-4-7-19(8-5-16)30-15-26-27-28-30/h1-11,15H,12-14H2. The first-order valence-electron chi connectivity index (χ1n) is 9.52. The van der Waals surface area contributed by atoms with Gasteiger partial charge in [0.05, 0.1) is 34.4 Å². The van der Waals surface area contributed by atoms with E-state index in [0.717, 1.165) is 22.5 Å². The van der Waals surface area contributed by atoms with E-state index in [2.05, 4.69) is 20.5 Å². The highest BCUT2D eigenvalue weighted by atomic mass is 35.5. The van der Waals surface area contributed by atoms with Gasteiger partial charge in [-0.15, -0.1) is 5.10 Å². The van der Waals surface area contributed by atoms with Crippen molar-refractivity contribution in [1.82, 2.24) is 30.1 Å². The van der Waals surface area contributed by atoms with Gasteiger partial charge < -0.3 is 4.90 Å². The molecule has 4 rings (SSSR count). The number of benzene rings is 2. The monoisotopic (exact) mass is 452 g/mol. The van der Waals surface area contributed by atoms with Crippen LogP contribution < -0.4 is 0 Å². The molecule has 0 aliphatic heterocycles. The minimum absolute atomic E-state index is 0.0214. The van der Waals surface area contributed by atoms with Crippen LogP contribution in [0.2, 0.25) is 10.0 Å². The lowest BCUT2D eigenvalue weighted by Crippen LogP contribution is -2.31. The summed E-state index contributed by atoms with van der Waals surface area (Å²) < 4.78 is 1.56. The van der Waals surface area contributed by atoms with Crippen molar-refractivity contribution < 1.29 is 4.79 Å². The number of carbonyl (C=O) groups excluding carboxylic acids is 1. The topological polar surface area (TPSA) is 76.8 Å². The van der Waals surface area contributed by atoms with E-state index in [0.29, 0.717) is 23.1 Å². The van der Waals surface area contributed by atoms with Gasteiger partial charge in [0.2, 0.25) is 5.91 Å². The number of aromatic nitrogens is 5. The highest BCUT2D eigenvalue weighted by Crippen LogP contribution is 2.24. The second-order valence-corrected chi connectivity index (χ2v) is 7.73. The molecule has 0 fully saturated rings. The zero-order valence-corrected chi connectivity index (χ0v) is 17.9. The number of nitrogens with zero attached hydrogens (tertiary/aromatic N) is 6. The number of halogens is 2. The second kappa shape index (κ2) is 9.68. The molecule has 156 valence electrons. The maximum atomic E-state index is 13.2. The van der Waals surface area contributed by atoms with E-state index in [1.165, 1.54) is 6.33 Å². The molecule has 0 aliphatic carbocycles. The Morgan fingerprint density at radius 2 is 1.74 bits per heavy atom. The molecule has 9 heteroatoms. The average Bonchev–Trinajstić information content (AvgIpc) is 3.32. The Morgan fingerprint density at radius 3 is 2.42 bits per heavy atom. The van der Waals surface area contributed by atoms with Crippen LogP contribution in [0.1, 0.15) is 16.8 Å². The molecule has 31 heavy (non-hydrogen) atoms. The van der Waals surface area contributed by atoms with Crippen LogP contribution in [0.4, 0.5) is 0 Å². The van der Waals surface area contributed by atoms with Crippen LogP contribution in [-0.2, 0) is 24.3 Å². The summed E-state index contributed by atoms with van der Waals surface area (Å²) in [6.45, 7) is 0.789. The van der Waals surface area contributed by atoms with Gasteiger partial charge in [0.15, 0.2) is 0 Å². The van der Waals surface area contributed by atoms with E-state index in [9.17, 15) is 4.79 Å². The van der Waals surface area contributed by atoms with Crippen molar-refractivity contribution in [3.05, 3.63) is 100 Å². The molecule has 0 saturated carbocycles. The number of pyridine rings is 1.